The second-order valence-electron chi connectivity index (χ2n) is 3.43. The first-order chi connectivity index (χ1) is 8.24. The maximum Gasteiger partial charge on any atom is 0.305 e. The molecule has 3 nitrogen and oxygen atoms in total. The number of ether oxygens (including phenoxy) is 1. The Labute approximate surface area is 101 Å². The van der Waals surface area contributed by atoms with Crippen molar-refractivity contribution in [2.75, 3.05) is 7.11 Å². The summed E-state index contributed by atoms with van der Waals surface area (Å²) >= 11 is 0. The lowest BCUT2D eigenvalue weighted by Gasteiger charge is -1.94. The Morgan fingerprint density at radius 2 is 1.94 bits per heavy atom. The van der Waals surface area contributed by atoms with Gasteiger partial charge in [-0.3, -0.25) is 9.59 Å². The molecule has 1 aromatic carbocycles. The van der Waals surface area contributed by atoms with Crippen molar-refractivity contribution >= 4 is 11.8 Å². The van der Waals surface area contributed by atoms with Crippen molar-refractivity contribution in [3.8, 4) is 11.8 Å². The number of benzene rings is 1. The van der Waals surface area contributed by atoms with Crippen LogP contribution in [-0.2, 0) is 9.53 Å². The Morgan fingerprint density at radius 3 is 2.59 bits per heavy atom. The predicted molar refractivity (Wildman–Crippen MR) is 64.4 cm³/mol. The Morgan fingerprint density at radius 1 is 1.24 bits per heavy atom. The van der Waals surface area contributed by atoms with Crippen LogP contribution in [0.3, 0.4) is 0 Å². The fraction of sp³-hybridized carbons (Fsp3) is 0.286. The number of methoxy groups -OCH3 is 1. The van der Waals surface area contributed by atoms with Gasteiger partial charge in [-0.1, -0.05) is 36.3 Å². The molecule has 0 fully saturated rings. The topological polar surface area (TPSA) is 43.4 Å². The first kappa shape index (κ1) is 13.0. The van der Waals surface area contributed by atoms with Gasteiger partial charge in [0.15, 0.2) is 0 Å². The molecule has 0 saturated carbocycles. The number of carbonyl (C=O) groups excluding carboxylic acids is 2. The van der Waals surface area contributed by atoms with Gasteiger partial charge in [0.25, 0.3) is 0 Å². The summed E-state index contributed by atoms with van der Waals surface area (Å²) in [6.45, 7) is 0. The quantitative estimate of drug-likeness (QED) is 0.262. The molecule has 0 bridgehead atoms. The number of Topliss-reactive ketones (excluding diaryl/α,β-unsaturated/α-hetero) is 1. The first-order valence-corrected chi connectivity index (χ1v) is 5.39. The van der Waals surface area contributed by atoms with Crippen LogP contribution in [0.4, 0.5) is 0 Å². The monoisotopic (exact) mass is 230 g/mol. The number of carbonyl (C=O) groups is 2. The molecule has 0 atom stereocenters. The van der Waals surface area contributed by atoms with E-state index in [1.54, 1.807) is 24.3 Å². The SMILES string of the molecule is COC(=O)CCCC#CC(=O)c1ccccc1. The van der Waals surface area contributed by atoms with E-state index >= 15 is 0 Å². The van der Waals surface area contributed by atoms with Gasteiger partial charge in [-0.25, -0.2) is 0 Å². The van der Waals surface area contributed by atoms with Gasteiger partial charge < -0.3 is 4.74 Å². The molecule has 0 spiro atoms. The van der Waals surface area contributed by atoms with Crippen LogP contribution in [0.5, 0.6) is 0 Å². The fourth-order valence-corrected chi connectivity index (χ4v) is 1.23. The Balaban J connectivity index is 2.35. The molecule has 0 heterocycles. The number of rotatable bonds is 4. The maximum atomic E-state index is 11.5. The minimum absolute atomic E-state index is 0.191. The van der Waals surface area contributed by atoms with Gasteiger partial charge in [-0.15, -0.1) is 0 Å². The normalized spacial score (nSPS) is 9.00. The van der Waals surface area contributed by atoms with Gasteiger partial charge in [0.1, 0.15) is 0 Å². The lowest BCUT2D eigenvalue weighted by atomic mass is 10.1. The predicted octanol–water partition coefficient (Wildman–Crippen LogP) is 2.22. The molecule has 0 aromatic heterocycles. The van der Waals surface area contributed by atoms with Crippen molar-refractivity contribution in [2.45, 2.75) is 19.3 Å². The number of esters is 1. The average Bonchev–Trinajstić information content (AvgIpc) is 2.38. The zero-order valence-electron chi connectivity index (χ0n) is 9.73. The van der Waals surface area contributed by atoms with Gasteiger partial charge in [0, 0.05) is 18.4 Å². The highest BCUT2D eigenvalue weighted by molar-refractivity contribution is 6.08. The molecule has 1 rings (SSSR count). The van der Waals surface area contributed by atoms with Crippen molar-refractivity contribution < 1.29 is 14.3 Å². The van der Waals surface area contributed by atoms with Gasteiger partial charge in [-0.05, 0) is 12.3 Å². The standard InChI is InChI=1S/C14H14O3/c1-17-14(16)11-7-3-6-10-13(15)12-8-4-2-5-9-12/h2,4-5,8-9H,3,7,11H2,1H3. The average molecular weight is 230 g/mol. The van der Waals surface area contributed by atoms with E-state index in [0.717, 1.165) is 0 Å². The molecule has 0 unspecified atom stereocenters. The third-order valence-electron chi connectivity index (χ3n) is 2.15. The van der Waals surface area contributed by atoms with Crippen LogP contribution in [0.25, 0.3) is 0 Å². The number of ketones is 1. The van der Waals surface area contributed by atoms with Crippen molar-refractivity contribution in [3.05, 3.63) is 35.9 Å². The van der Waals surface area contributed by atoms with Gasteiger partial charge in [0.2, 0.25) is 5.78 Å². The van der Waals surface area contributed by atoms with Crippen molar-refractivity contribution in [1.82, 2.24) is 0 Å². The molecular weight excluding hydrogens is 216 g/mol. The minimum atomic E-state index is -0.249. The van der Waals surface area contributed by atoms with Crippen molar-refractivity contribution in [1.29, 1.82) is 0 Å². The van der Waals surface area contributed by atoms with Crippen LogP contribution >= 0.6 is 0 Å². The summed E-state index contributed by atoms with van der Waals surface area (Å²) in [7, 11) is 1.35. The second kappa shape index (κ2) is 7.24. The van der Waals surface area contributed by atoms with Crippen LogP contribution in [0.1, 0.15) is 29.6 Å². The molecule has 0 N–H and O–H groups in total. The molecular formula is C14H14O3. The van der Waals surface area contributed by atoms with Crippen LogP contribution in [-0.4, -0.2) is 18.9 Å². The fourth-order valence-electron chi connectivity index (χ4n) is 1.23. The van der Waals surface area contributed by atoms with Gasteiger partial charge >= 0.3 is 5.97 Å². The maximum absolute atomic E-state index is 11.5. The second-order valence-corrected chi connectivity index (χ2v) is 3.43. The Kier molecular flexibility index (Phi) is 5.53. The van der Waals surface area contributed by atoms with E-state index in [2.05, 4.69) is 16.6 Å². The molecule has 17 heavy (non-hydrogen) atoms. The van der Waals surface area contributed by atoms with E-state index in [0.29, 0.717) is 24.8 Å². The zero-order valence-corrected chi connectivity index (χ0v) is 9.73. The van der Waals surface area contributed by atoms with E-state index in [1.165, 1.54) is 7.11 Å². The number of unbranched alkanes of at least 4 members (excludes halogenated alkanes) is 1. The van der Waals surface area contributed by atoms with E-state index in [9.17, 15) is 9.59 Å². The summed E-state index contributed by atoms with van der Waals surface area (Å²) in [6, 6.07) is 8.90. The first-order valence-electron chi connectivity index (χ1n) is 5.39. The van der Waals surface area contributed by atoms with Crippen LogP contribution < -0.4 is 0 Å². The molecule has 0 aliphatic heterocycles. The molecule has 0 amide bonds. The highest BCUT2D eigenvalue weighted by Gasteiger charge is 2.00. The summed E-state index contributed by atoms with van der Waals surface area (Å²) in [4.78, 5) is 22.3. The van der Waals surface area contributed by atoms with Crippen LogP contribution in [0.15, 0.2) is 30.3 Å². The zero-order chi connectivity index (χ0) is 12.5. The summed E-state index contributed by atoms with van der Waals surface area (Å²) in [5.74, 6) is 4.87. The van der Waals surface area contributed by atoms with Crippen molar-refractivity contribution in [2.24, 2.45) is 0 Å². The molecule has 0 radical (unpaired) electrons. The number of hydrogen-bond donors (Lipinski definition) is 0. The van der Waals surface area contributed by atoms with Gasteiger partial charge in [0.05, 0.1) is 7.11 Å². The van der Waals surface area contributed by atoms with Crippen molar-refractivity contribution in [3.63, 3.8) is 0 Å². The molecule has 0 aliphatic rings. The third kappa shape index (κ3) is 4.98. The smallest absolute Gasteiger partial charge is 0.305 e. The molecule has 88 valence electrons. The van der Waals surface area contributed by atoms with Gasteiger partial charge in [-0.2, -0.15) is 0 Å². The molecule has 3 heteroatoms. The molecule has 0 saturated heterocycles. The highest BCUT2D eigenvalue weighted by atomic mass is 16.5. The van der Waals surface area contributed by atoms with E-state index in [1.807, 2.05) is 6.07 Å². The van der Waals surface area contributed by atoms with E-state index < -0.39 is 0 Å². The van der Waals surface area contributed by atoms with Crippen LogP contribution in [0, 0.1) is 11.8 Å². The molecule has 1 aromatic rings. The Hall–Kier alpha value is -2.08. The minimum Gasteiger partial charge on any atom is -0.469 e. The Bertz CT molecular complexity index is 438. The van der Waals surface area contributed by atoms with Crippen LogP contribution in [0.2, 0.25) is 0 Å². The summed E-state index contributed by atoms with van der Waals surface area (Å²) < 4.78 is 4.49. The molecule has 0 aliphatic carbocycles. The largest absolute Gasteiger partial charge is 0.469 e. The summed E-state index contributed by atoms with van der Waals surface area (Å²) in [5, 5.41) is 0. The lowest BCUT2D eigenvalue weighted by Crippen LogP contribution is -1.99. The third-order valence-corrected chi connectivity index (χ3v) is 2.15. The summed E-state index contributed by atoms with van der Waals surface area (Å²) in [6.07, 6.45) is 1.47. The van der Waals surface area contributed by atoms with E-state index in [4.69, 9.17) is 0 Å². The lowest BCUT2D eigenvalue weighted by molar-refractivity contribution is -0.140. The van der Waals surface area contributed by atoms with E-state index in [-0.39, 0.29) is 11.8 Å². The summed E-state index contributed by atoms with van der Waals surface area (Å²) in [5.41, 5.74) is 0.591. The highest BCUT2D eigenvalue weighted by Crippen LogP contribution is 1.99. The number of hydrogen-bond acceptors (Lipinski definition) is 3.